The summed E-state index contributed by atoms with van der Waals surface area (Å²) in [5.74, 6) is -1.91. The van der Waals surface area contributed by atoms with Crippen molar-refractivity contribution in [2.24, 2.45) is 5.92 Å². The average molecular weight is 426 g/mol. The Bertz CT molecular complexity index is 984. The molecule has 0 aliphatic carbocycles. The van der Waals surface area contributed by atoms with E-state index in [0.717, 1.165) is 12.1 Å². The van der Waals surface area contributed by atoms with Gasteiger partial charge in [-0.15, -0.1) is 0 Å². The second kappa shape index (κ2) is 9.09. The van der Waals surface area contributed by atoms with Crippen molar-refractivity contribution in [2.45, 2.75) is 31.4 Å². The Labute approximate surface area is 168 Å². The zero-order valence-electron chi connectivity index (χ0n) is 16.5. The topological polar surface area (TPSA) is 140 Å². The predicted molar refractivity (Wildman–Crippen MR) is 104 cm³/mol. The summed E-state index contributed by atoms with van der Waals surface area (Å²) in [6.45, 7) is 2.92. The number of carbonyl (C=O) groups excluding carboxylic acids is 1. The molecule has 0 fully saturated rings. The number of carbonyl (C=O) groups is 1. The van der Waals surface area contributed by atoms with Gasteiger partial charge in [-0.05, 0) is 18.1 Å². The maximum Gasteiger partial charge on any atom is 0.324 e. The highest BCUT2D eigenvalue weighted by molar-refractivity contribution is 7.89. The van der Waals surface area contributed by atoms with Crippen LogP contribution in [0.5, 0.6) is 0 Å². The molecular weight excluding hydrogens is 403 g/mol. The van der Waals surface area contributed by atoms with E-state index < -0.39 is 38.7 Å². The number of ether oxygens (including phenoxy) is 1. The molecular formula is C17H23FN6O4S. The fourth-order valence-corrected chi connectivity index (χ4v) is 3.68. The van der Waals surface area contributed by atoms with E-state index in [1.54, 1.807) is 32.8 Å². The second-order valence-electron chi connectivity index (χ2n) is 6.69. The van der Waals surface area contributed by atoms with Crippen LogP contribution < -0.4 is 15.4 Å². The number of nitrogen functional groups attached to an aromatic ring is 1. The number of aromatic nitrogens is 3. The molecule has 0 radical (unpaired) electrons. The van der Waals surface area contributed by atoms with Gasteiger partial charge >= 0.3 is 5.97 Å². The lowest BCUT2D eigenvalue weighted by atomic mass is 10.1. The molecule has 12 heteroatoms. The monoisotopic (exact) mass is 426 g/mol. The quantitative estimate of drug-likeness (QED) is 0.584. The van der Waals surface area contributed by atoms with Crippen LogP contribution in [0.15, 0.2) is 29.2 Å². The van der Waals surface area contributed by atoms with Crippen LogP contribution in [0.2, 0.25) is 0 Å². The summed E-state index contributed by atoms with van der Waals surface area (Å²) in [6.07, 6.45) is 0. The van der Waals surface area contributed by atoms with Crippen LogP contribution in [0, 0.1) is 11.7 Å². The summed E-state index contributed by atoms with van der Waals surface area (Å²) in [6, 6.07) is 3.63. The third-order valence-electron chi connectivity index (χ3n) is 3.76. The van der Waals surface area contributed by atoms with Gasteiger partial charge in [-0.25, -0.2) is 12.8 Å². The first-order valence-electron chi connectivity index (χ1n) is 8.62. The van der Waals surface area contributed by atoms with Gasteiger partial charge in [0.15, 0.2) is 12.4 Å². The van der Waals surface area contributed by atoms with E-state index in [0.29, 0.717) is 0 Å². The van der Waals surface area contributed by atoms with E-state index >= 15 is 0 Å². The SMILES string of the molecule is CC(C)[C@H](NS(=O)(=O)c1ccccc1F)C(=O)OCc1nc(N)nc(N(C)C)n1. The lowest BCUT2D eigenvalue weighted by Crippen LogP contribution is -2.45. The van der Waals surface area contributed by atoms with Crippen LogP contribution in [0.4, 0.5) is 16.3 Å². The van der Waals surface area contributed by atoms with Crippen LogP contribution in [0.1, 0.15) is 19.7 Å². The first kappa shape index (κ1) is 22.4. The van der Waals surface area contributed by atoms with Gasteiger partial charge in [0.1, 0.15) is 16.8 Å². The van der Waals surface area contributed by atoms with E-state index in [-0.39, 0.29) is 24.3 Å². The van der Waals surface area contributed by atoms with Crippen molar-refractivity contribution in [1.82, 2.24) is 19.7 Å². The lowest BCUT2D eigenvalue weighted by Gasteiger charge is -2.21. The summed E-state index contributed by atoms with van der Waals surface area (Å²) in [5, 5.41) is 0. The Kier molecular flexibility index (Phi) is 7.03. The predicted octanol–water partition coefficient (Wildman–Crippen LogP) is 0.705. The number of benzene rings is 1. The molecule has 0 spiro atoms. The zero-order chi connectivity index (χ0) is 21.8. The Morgan fingerprint density at radius 2 is 1.90 bits per heavy atom. The molecule has 0 aliphatic rings. The molecule has 1 heterocycles. The van der Waals surface area contributed by atoms with E-state index in [1.807, 2.05) is 0 Å². The van der Waals surface area contributed by atoms with Crippen molar-refractivity contribution in [3.05, 3.63) is 35.9 Å². The summed E-state index contributed by atoms with van der Waals surface area (Å²) in [4.78, 5) is 25.5. The fraction of sp³-hybridized carbons (Fsp3) is 0.412. The molecule has 2 aromatic rings. The van der Waals surface area contributed by atoms with Gasteiger partial charge in [-0.2, -0.15) is 19.7 Å². The number of sulfonamides is 1. The minimum Gasteiger partial charge on any atom is -0.456 e. The van der Waals surface area contributed by atoms with Crippen LogP contribution in [0.25, 0.3) is 0 Å². The molecule has 0 aliphatic heterocycles. The van der Waals surface area contributed by atoms with E-state index in [2.05, 4.69) is 19.7 Å². The molecule has 0 amide bonds. The Hall–Kier alpha value is -2.86. The molecule has 10 nitrogen and oxygen atoms in total. The number of esters is 1. The van der Waals surface area contributed by atoms with Gasteiger partial charge in [0.2, 0.25) is 21.9 Å². The number of rotatable bonds is 8. The lowest BCUT2D eigenvalue weighted by molar-refractivity contribution is -0.148. The first-order chi connectivity index (χ1) is 13.5. The average Bonchev–Trinajstić information content (AvgIpc) is 2.63. The molecule has 0 saturated heterocycles. The number of nitrogens with two attached hydrogens (primary N) is 1. The molecule has 1 aromatic heterocycles. The van der Waals surface area contributed by atoms with Crippen molar-refractivity contribution in [1.29, 1.82) is 0 Å². The van der Waals surface area contributed by atoms with E-state index in [1.165, 1.54) is 12.1 Å². The maximum absolute atomic E-state index is 13.9. The Morgan fingerprint density at radius 1 is 1.24 bits per heavy atom. The molecule has 0 saturated carbocycles. The van der Waals surface area contributed by atoms with Gasteiger partial charge in [0.25, 0.3) is 0 Å². The highest BCUT2D eigenvalue weighted by Gasteiger charge is 2.31. The summed E-state index contributed by atoms with van der Waals surface area (Å²) >= 11 is 0. The molecule has 1 aromatic carbocycles. The number of nitrogens with one attached hydrogen (secondary N) is 1. The largest absolute Gasteiger partial charge is 0.456 e. The first-order valence-corrected chi connectivity index (χ1v) is 10.1. The summed E-state index contributed by atoms with van der Waals surface area (Å²) in [5.41, 5.74) is 5.62. The number of hydrogen-bond acceptors (Lipinski definition) is 9. The molecule has 158 valence electrons. The fourth-order valence-electron chi connectivity index (χ4n) is 2.26. The van der Waals surface area contributed by atoms with E-state index in [9.17, 15) is 17.6 Å². The van der Waals surface area contributed by atoms with Crippen molar-refractivity contribution in [3.63, 3.8) is 0 Å². The molecule has 29 heavy (non-hydrogen) atoms. The number of nitrogens with zero attached hydrogens (tertiary/aromatic N) is 4. The summed E-state index contributed by atoms with van der Waals surface area (Å²) in [7, 11) is -0.871. The van der Waals surface area contributed by atoms with Crippen LogP contribution in [0.3, 0.4) is 0 Å². The number of anilines is 2. The molecule has 0 bridgehead atoms. The van der Waals surface area contributed by atoms with Crippen molar-refractivity contribution in [3.8, 4) is 0 Å². The minimum atomic E-state index is -4.28. The summed E-state index contributed by atoms with van der Waals surface area (Å²) < 4.78 is 46.2. The van der Waals surface area contributed by atoms with Gasteiger partial charge in [0, 0.05) is 14.1 Å². The van der Waals surface area contributed by atoms with Crippen molar-refractivity contribution in [2.75, 3.05) is 24.7 Å². The highest BCUT2D eigenvalue weighted by atomic mass is 32.2. The van der Waals surface area contributed by atoms with Crippen LogP contribution in [-0.2, 0) is 26.2 Å². The van der Waals surface area contributed by atoms with Crippen LogP contribution in [-0.4, -0.2) is 49.5 Å². The van der Waals surface area contributed by atoms with Gasteiger partial charge in [-0.1, -0.05) is 26.0 Å². The third-order valence-corrected chi connectivity index (χ3v) is 5.23. The van der Waals surface area contributed by atoms with Gasteiger partial charge < -0.3 is 15.4 Å². The zero-order valence-corrected chi connectivity index (χ0v) is 17.3. The standard InChI is InChI=1S/C17H23FN6O4S/c1-10(2)14(23-29(26,27)12-8-6-5-7-11(12)18)15(25)28-9-13-20-16(19)22-17(21-13)24(3)4/h5-8,10,14,23H,9H2,1-4H3,(H2,19,20,21,22)/t14-/m0/s1. The van der Waals surface area contributed by atoms with Gasteiger partial charge in [-0.3, -0.25) is 4.79 Å². The molecule has 3 N–H and O–H groups in total. The van der Waals surface area contributed by atoms with Gasteiger partial charge in [0.05, 0.1) is 0 Å². The van der Waals surface area contributed by atoms with Crippen LogP contribution >= 0.6 is 0 Å². The number of halogens is 1. The van der Waals surface area contributed by atoms with E-state index in [4.69, 9.17) is 10.5 Å². The Balaban J connectivity index is 2.15. The molecule has 0 unspecified atom stereocenters. The van der Waals surface area contributed by atoms with Crippen molar-refractivity contribution < 1.29 is 22.3 Å². The molecule has 2 rings (SSSR count). The molecule has 1 atom stereocenters. The highest BCUT2D eigenvalue weighted by Crippen LogP contribution is 2.16. The smallest absolute Gasteiger partial charge is 0.324 e. The normalized spacial score (nSPS) is 12.6. The van der Waals surface area contributed by atoms with Crippen molar-refractivity contribution >= 4 is 27.9 Å². The number of hydrogen-bond donors (Lipinski definition) is 2. The second-order valence-corrected chi connectivity index (χ2v) is 8.37. The maximum atomic E-state index is 13.9. The Morgan fingerprint density at radius 3 is 2.48 bits per heavy atom. The minimum absolute atomic E-state index is 0.0459. The third kappa shape index (κ3) is 5.81.